The van der Waals surface area contributed by atoms with Gasteiger partial charge in [0, 0.05) is 30.0 Å². The Kier molecular flexibility index (Phi) is 4.72. The van der Waals surface area contributed by atoms with Gasteiger partial charge >= 0.3 is 0 Å². The smallest absolute Gasteiger partial charge is 0.225 e. The number of carbonyl (C=O) groups is 2. The van der Waals surface area contributed by atoms with Gasteiger partial charge in [-0.15, -0.1) is 0 Å². The Morgan fingerprint density at radius 1 is 1.20 bits per heavy atom. The molecule has 0 fully saturated rings. The lowest BCUT2D eigenvalue weighted by Crippen LogP contribution is -2.40. The number of hydrogen-bond donors (Lipinski definition) is 1. The van der Waals surface area contributed by atoms with Crippen LogP contribution in [0.3, 0.4) is 0 Å². The number of ketones is 1. The second-order valence-electron chi connectivity index (χ2n) is 8.04. The van der Waals surface area contributed by atoms with Gasteiger partial charge in [0.1, 0.15) is 5.75 Å². The van der Waals surface area contributed by atoms with Crippen LogP contribution < -0.4 is 10.1 Å². The average molecular weight is 341 g/mol. The number of ether oxygens (including phenoxy) is 1. The molecule has 0 bridgehead atoms. The van der Waals surface area contributed by atoms with Gasteiger partial charge in [-0.05, 0) is 42.9 Å². The zero-order valence-corrected chi connectivity index (χ0v) is 15.5. The number of Topliss-reactive ketones (excluding diaryl/α,β-unsaturated/α-hetero) is 1. The molecule has 0 radical (unpaired) electrons. The maximum atomic E-state index is 12.8. The Labute approximate surface area is 149 Å². The van der Waals surface area contributed by atoms with Crippen molar-refractivity contribution in [2.24, 2.45) is 5.41 Å². The highest BCUT2D eigenvalue weighted by Crippen LogP contribution is 2.44. The van der Waals surface area contributed by atoms with Crippen LogP contribution in [-0.2, 0) is 9.59 Å². The van der Waals surface area contributed by atoms with Crippen molar-refractivity contribution in [2.45, 2.75) is 65.4 Å². The number of benzene rings is 1. The van der Waals surface area contributed by atoms with Crippen molar-refractivity contribution in [3.05, 3.63) is 41.1 Å². The van der Waals surface area contributed by atoms with Crippen LogP contribution in [0.15, 0.2) is 35.5 Å². The molecule has 134 valence electrons. The molecule has 4 heteroatoms. The molecular formula is C21H27NO3. The van der Waals surface area contributed by atoms with Gasteiger partial charge in [0.25, 0.3) is 0 Å². The molecule has 1 heterocycles. The lowest BCUT2D eigenvalue weighted by molar-refractivity contribution is -0.122. The number of amides is 1. The first kappa shape index (κ1) is 17.7. The van der Waals surface area contributed by atoms with Crippen molar-refractivity contribution in [3.63, 3.8) is 0 Å². The van der Waals surface area contributed by atoms with Crippen LogP contribution in [0.25, 0.3) is 0 Å². The van der Waals surface area contributed by atoms with Gasteiger partial charge < -0.3 is 10.1 Å². The maximum Gasteiger partial charge on any atom is 0.225 e. The summed E-state index contributed by atoms with van der Waals surface area (Å²) in [6, 6.07) is 7.84. The maximum absolute atomic E-state index is 12.8. The number of hydrogen-bond acceptors (Lipinski definition) is 3. The van der Waals surface area contributed by atoms with E-state index in [2.05, 4.69) is 26.1 Å². The lowest BCUT2D eigenvalue weighted by atomic mass is 9.70. The van der Waals surface area contributed by atoms with E-state index in [1.807, 2.05) is 31.2 Å². The van der Waals surface area contributed by atoms with Crippen LogP contribution >= 0.6 is 0 Å². The molecule has 0 spiro atoms. The minimum Gasteiger partial charge on any atom is -0.491 e. The van der Waals surface area contributed by atoms with Crippen LogP contribution in [0.4, 0.5) is 0 Å². The van der Waals surface area contributed by atoms with E-state index in [1.165, 1.54) is 0 Å². The summed E-state index contributed by atoms with van der Waals surface area (Å²) in [5.41, 5.74) is 2.53. The molecule has 0 saturated heterocycles. The van der Waals surface area contributed by atoms with Gasteiger partial charge in [0.2, 0.25) is 5.91 Å². The van der Waals surface area contributed by atoms with E-state index in [1.54, 1.807) is 0 Å². The molecule has 0 aromatic heterocycles. The van der Waals surface area contributed by atoms with Crippen molar-refractivity contribution in [1.29, 1.82) is 0 Å². The molecule has 1 aromatic carbocycles. The van der Waals surface area contributed by atoms with Gasteiger partial charge in [-0.3, -0.25) is 9.59 Å². The highest BCUT2D eigenvalue weighted by molar-refractivity contribution is 6.02. The summed E-state index contributed by atoms with van der Waals surface area (Å²) in [4.78, 5) is 24.9. The number of carbonyl (C=O) groups excluding carboxylic acids is 2. The Morgan fingerprint density at radius 2 is 1.88 bits per heavy atom. The second kappa shape index (κ2) is 6.66. The van der Waals surface area contributed by atoms with E-state index in [9.17, 15) is 9.59 Å². The van der Waals surface area contributed by atoms with E-state index >= 15 is 0 Å². The SMILES string of the molecule is CC[C@H](C)Oc1ccc([C@H]2CC(=O)NC3=C2C(=O)CC(C)(C)C3)cc1. The molecule has 0 unspecified atom stereocenters. The quantitative estimate of drug-likeness (QED) is 0.896. The molecule has 1 aliphatic carbocycles. The minimum atomic E-state index is -0.148. The molecular weight excluding hydrogens is 314 g/mol. The molecule has 1 aromatic rings. The zero-order valence-electron chi connectivity index (χ0n) is 15.5. The third kappa shape index (κ3) is 3.78. The van der Waals surface area contributed by atoms with E-state index < -0.39 is 0 Å². The Hall–Kier alpha value is -2.10. The summed E-state index contributed by atoms with van der Waals surface area (Å²) >= 11 is 0. The summed E-state index contributed by atoms with van der Waals surface area (Å²) in [6.07, 6.45) is 2.73. The first-order valence-corrected chi connectivity index (χ1v) is 9.12. The van der Waals surface area contributed by atoms with E-state index in [0.717, 1.165) is 35.4 Å². The fraction of sp³-hybridized carbons (Fsp3) is 0.524. The molecule has 3 rings (SSSR count). The van der Waals surface area contributed by atoms with Crippen molar-refractivity contribution in [2.75, 3.05) is 0 Å². The third-order valence-corrected chi connectivity index (χ3v) is 5.14. The van der Waals surface area contributed by atoms with Gasteiger partial charge in [0.05, 0.1) is 6.10 Å². The fourth-order valence-corrected chi connectivity index (χ4v) is 3.74. The predicted octanol–water partition coefficient (Wildman–Crippen LogP) is 4.11. The van der Waals surface area contributed by atoms with Crippen molar-refractivity contribution in [1.82, 2.24) is 5.32 Å². The summed E-state index contributed by atoms with van der Waals surface area (Å²) in [7, 11) is 0. The van der Waals surface area contributed by atoms with Gasteiger partial charge in [-0.25, -0.2) is 0 Å². The molecule has 2 atom stereocenters. The Balaban J connectivity index is 1.90. The summed E-state index contributed by atoms with van der Waals surface area (Å²) in [5, 5.41) is 2.94. The number of allylic oxidation sites excluding steroid dienone is 2. The topological polar surface area (TPSA) is 55.4 Å². The molecule has 0 saturated carbocycles. The van der Waals surface area contributed by atoms with Crippen molar-refractivity contribution >= 4 is 11.7 Å². The molecule has 1 N–H and O–H groups in total. The molecule has 4 nitrogen and oxygen atoms in total. The van der Waals surface area contributed by atoms with Gasteiger partial charge in [0.15, 0.2) is 5.78 Å². The van der Waals surface area contributed by atoms with Crippen LogP contribution in [-0.4, -0.2) is 17.8 Å². The molecule has 1 amide bonds. The standard InChI is InChI=1S/C21H27NO3/c1-5-13(2)25-15-8-6-14(7-9-15)16-10-19(24)22-17-11-21(3,4)12-18(23)20(16)17/h6-9,13,16H,5,10-12H2,1-4H3,(H,22,24)/t13-,16+/m0/s1. The van der Waals surface area contributed by atoms with Crippen molar-refractivity contribution < 1.29 is 14.3 Å². The van der Waals surface area contributed by atoms with Crippen LogP contribution in [0.1, 0.15) is 64.9 Å². The van der Waals surface area contributed by atoms with E-state index in [-0.39, 0.29) is 29.1 Å². The average Bonchev–Trinajstić information content (AvgIpc) is 2.53. The van der Waals surface area contributed by atoms with Gasteiger partial charge in [-0.2, -0.15) is 0 Å². The zero-order chi connectivity index (χ0) is 18.2. The lowest BCUT2D eigenvalue weighted by Gasteiger charge is -2.37. The van der Waals surface area contributed by atoms with Crippen molar-refractivity contribution in [3.8, 4) is 5.75 Å². The Bertz CT molecular complexity index is 715. The van der Waals surface area contributed by atoms with E-state index in [0.29, 0.717) is 12.8 Å². The highest BCUT2D eigenvalue weighted by Gasteiger charge is 2.40. The number of rotatable bonds is 4. The van der Waals surface area contributed by atoms with Crippen LogP contribution in [0.2, 0.25) is 0 Å². The summed E-state index contributed by atoms with van der Waals surface area (Å²) in [5.74, 6) is 0.832. The monoisotopic (exact) mass is 341 g/mol. The van der Waals surface area contributed by atoms with Gasteiger partial charge in [-0.1, -0.05) is 32.9 Å². The Morgan fingerprint density at radius 3 is 2.52 bits per heavy atom. The molecule has 1 aliphatic heterocycles. The third-order valence-electron chi connectivity index (χ3n) is 5.14. The highest BCUT2D eigenvalue weighted by atomic mass is 16.5. The normalized spacial score (nSPS) is 23.8. The summed E-state index contributed by atoms with van der Waals surface area (Å²) < 4.78 is 5.82. The van der Waals surface area contributed by atoms with Crippen LogP contribution in [0, 0.1) is 5.41 Å². The van der Waals surface area contributed by atoms with Crippen LogP contribution in [0.5, 0.6) is 5.75 Å². The molecule has 25 heavy (non-hydrogen) atoms. The fourth-order valence-electron chi connectivity index (χ4n) is 3.74. The summed E-state index contributed by atoms with van der Waals surface area (Å²) in [6.45, 7) is 8.28. The first-order valence-electron chi connectivity index (χ1n) is 9.12. The second-order valence-corrected chi connectivity index (χ2v) is 8.04. The minimum absolute atomic E-state index is 0.00539. The largest absolute Gasteiger partial charge is 0.491 e. The first-order chi connectivity index (χ1) is 11.8. The molecule has 2 aliphatic rings. The predicted molar refractivity (Wildman–Crippen MR) is 97.4 cm³/mol. The number of nitrogens with one attached hydrogen (secondary N) is 1. The van der Waals surface area contributed by atoms with E-state index in [4.69, 9.17) is 4.74 Å².